The van der Waals surface area contributed by atoms with Crippen molar-refractivity contribution in [3.63, 3.8) is 0 Å². The van der Waals surface area contributed by atoms with Gasteiger partial charge in [-0.3, -0.25) is 4.57 Å². The van der Waals surface area contributed by atoms with Crippen molar-refractivity contribution in [3.05, 3.63) is 35.9 Å². The van der Waals surface area contributed by atoms with E-state index in [-0.39, 0.29) is 6.10 Å². The van der Waals surface area contributed by atoms with Crippen LogP contribution in [0.3, 0.4) is 0 Å². The Morgan fingerprint density at radius 2 is 1.88 bits per heavy atom. The lowest BCUT2D eigenvalue weighted by Crippen LogP contribution is -2.05. The lowest BCUT2D eigenvalue weighted by atomic mass is 10.2. The van der Waals surface area contributed by atoms with Gasteiger partial charge in [0.2, 0.25) is 0 Å². The Balaban J connectivity index is 2.75. The molecule has 0 aromatic heterocycles. The number of benzene rings is 1. The Hall–Kier alpha value is -0.630. The average Bonchev–Trinajstić information content (AvgIpc) is 2.17. The van der Waals surface area contributed by atoms with Crippen LogP contribution in [0.2, 0.25) is 0 Å². The molecule has 3 nitrogen and oxygen atoms in total. The van der Waals surface area contributed by atoms with Crippen molar-refractivity contribution in [1.82, 2.24) is 0 Å². The van der Waals surface area contributed by atoms with Gasteiger partial charge in [0.1, 0.15) is 0 Å². The Bertz CT molecular complexity index is 349. The Morgan fingerprint density at radius 1 is 1.25 bits per heavy atom. The zero-order valence-corrected chi connectivity index (χ0v) is 10.9. The minimum atomic E-state index is -3.00. The van der Waals surface area contributed by atoms with Crippen molar-refractivity contribution in [3.8, 4) is 0 Å². The highest BCUT2D eigenvalue weighted by atomic mass is 31.2. The van der Waals surface area contributed by atoms with E-state index >= 15 is 0 Å². The number of hydrogen-bond acceptors (Lipinski definition) is 3. The molecular formula is C12H19O3P. The predicted molar refractivity (Wildman–Crippen MR) is 65.6 cm³/mol. The molecule has 90 valence electrons. The molecule has 0 radical (unpaired) electrons. The molecule has 4 heteroatoms. The maximum atomic E-state index is 12.3. The second kappa shape index (κ2) is 6.19. The number of hydrogen-bond donors (Lipinski definition) is 0. The monoisotopic (exact) mass is 242 g/mol. The van der Waals surface area contributed by atoms with Crippen LogP contribution in [-0.2, 0) is 19.8 Å². The highest BCUT2D eigenvalue weighted by Crippen LogP contribution is 2.52. The van der Waals surface area contributed by atoms with Crippen molar-refractivity contribution >= 4 is 7.60 Å². The second-order valence-electron chi connectivity index (χ2n) is 3.83. The first kappa shape index (κ1) is 13.4. The van der Waals surface area contributed by atoms with Crippen LogP contribution in [0.5, 0.6) is 0 Å². The molecule has 1 rings (SSSR count). The third kappa shape index (κ3) is 4.48. The molecule has 0 fully saturated rings. The SMILES string of the molecule is CCOP(=O)(Cc1ccccc1)OC(C)C. The maximum Gasteiger partial charge on any atom is 0.335 e. The third-order valence-electron chi connectivity index (χ3n) is 1.92. The first-order valence-electron chi connectivity index (χ1n) is 5.51. The summed E-state index contributed by atoms with van der Waals surface area (Å²) in [6.07, 6.45) is 0.237. The summed E-state index contributed by atoms with van der Waals surface area (Å²) in [7, 11) is -3.00. The third-order valence-corrected chi connectivity index (χ3v) is 4.06. The molecule has 0 aliphatic heterocycles. The quantitative estimate of drug-likeness (QED) is 0.711. The molecule has 16 heavy (non-hydrogen) atoms. The van der Waals surface area contributed by atoms with Gasteiger partial charge in [0.25, 0.3) is 0 Å². The standard InChI is InChI=1S/C12H19O3P/c1-4-14-16(13,15-11(2)3)10-12-8-6-5-7-9-12/h5-9,11H,4,10H2,1-3H3. The first-order chi connectivity index (χ1) is 7.56. The van der Waals surface area contributed by atoms with E-state index in [2.05, 4.69) is 0 Å². The second-order valence-corrected chi connectivity index (χ2v) is 5.83. The molecule has 1 aromatic rings. The van der Waals surface area contributed by atoms with Gasteiger partial charge < -0.3 is 9.05 Å². The fourth-order valence-corrected chi connectivity index (χ4v) is 3.36. The molecule has 0 spiro atoms. The summed E-state index contributed by atoms with van der Waals surface area (Å²) >= 11 is 0. The highest BCUT2D eigenvalue weighted by molar-refractivity contribution is 7.53. The summed E-state index contributed by atoms with van der Waals surface area (Å²) in [5.74, 6) is 0. The van der Waals surface area contributed by atoms with Gasteiger partial charge >= 0.3 is 7.60 Å². The van der Waals surface area contributed by atoms with Crippen molar-refractivity contribution in [2.75, 3.05) is 6.61 Å². The summed E-state index contributed by atoms with van der Waals surface area (Å²) in [5, 5.41) is 0. The topological polar surface area (TPSA) is 35.5 Å². The molecule has 0 aliphatic rings. The Kier molecular flexibility index (Phi) is 5.20. The van der Waals surface area contributed by atoms with Crippen LogP contribution in [-0.4, -0.2) is 12.7 Å². The van der Waals surface area contributed by atoms with Gasteiger partial charge in [-0.2, -0.15) is 0 Å². The van der Waals surface area contributed by atoms with E-state index in [0.717, 1.165) is 5.56 Å². The zero-order chi connectivity index (χ0) is 12.0. The predicted octanol–water partition coefficient (Wildman–Crippen LogP) is 3.84. The molecule has 0 amide bonds. The minimum Gasteiger partial charge on any atom is -0.309 e. The van der Waals surface area contributed by atoms with Gasteiger partial charge in [0.15, 0.2) is 0 Å². The molecular weight excluding hydrogens is 223 g/mol. The van der Waals surface area contributed by atoms with Crippen LogP contribution >= 0.6 is 7.60 Å². The zero-order valence-electron chi connectivity index (χ0n) is 10.1. The van der Waals surface area contributed by atoms with E-state index in [9.17, 15) is 4.57 Å². The summed E-state index contributed by atoms with van der Waals surface area (Å²) < 4.78 is 23.0. The van der Waals surface area contributed by atoms with Gasteiger partial charge in [-0.05, 0) is 26.3 Å². The van der Waals surface area contributed by atoms with Crippen LogP contribution in [0.25, 0.3) is 0 Å². The lowest BCUT2D eigenvalue weighted by molar-refractivity contribution is 0.172. The summed E-state index contributed by atoms with van der Waals surface area (Å²) in [6, 6.07) is 9.62. The van der Waals surface area contributed by atoms with Crippen molar-refractivity contribution in [2.24, 2.45) is 0 Å². The normalized spacial score (nSPS) is 15.0. The lowest BCUT2D eigenvalue weighted by Gasteiger charge is -2.20. The molecule has 0 bridgehead atoms. The van der Waals surface area contributed by atoms with E-state index in [0.29, 0.717) is 12.8 Å². The maximum absolute atomic E-state index is 12.3. The van der Waals surface area contributed by atoms with Crippen LogP contribution in [0.1, 0.15) is 26.3 Å². The minimum absolute atomic E-state index is 0.0962. The van der Waals surface area contributed by atoms with E-state index < -0.39 is 7.60 Å². The van der Waals surface area contributed by atoms with Gasteiger partial charge in [-0.1, -0.05) is 30.3 Å². The Labute approximate surface area is 97.3 Å². The van der Waals surface area contributed by atoms with Gasteiger partial charge in [0, 0.05) is 0 Å². The smallest absolute Gasteiger partial charge is 0.309 e. The van der Waals surface area contributed by atoms with Crippen molar-refractivity contribution in [2.45, 2.75) is 33.0 Å². The van der Waals surface area contributed by atoms with Gasteiger partial charge in [0.05, 0.1) is 18.9 Å². The fourth-order valence-electron chi connectivity index (χ4n) is 1.44. The molecule has 0 N–H and O–H groups in total. The van der Waals surface area contributed by atoms with Crippen LogP contribution in [0.15, 0.2) is 30.3 Å². The first-order valence-corrected chi connectivity index (χ1v) is 7.24. The van der Waals surface area contributed by atoms with Gasteiger partial charge in [-0.15, -0.1) is 0 Å². The van der Waals surface area contributed by atoms with Crippen LogP contribution in [0, 0.1) is 0 Å². The molecule has 0 heterocycles. The fraction of sp³-hybridized carbons (Fsp3) is 0.500. The molecule has 0 aliphatic carbocycles. The highest BCUT2D eigenvalue weighted by Gasteiger charge is 2.25. The van der Waals surface area contributed by atoms with E-state index in [1.54, 1.807) is 0 Å². The largest absolute Gasteiger partial charge is 0.335 e. The van der Waals surface area contributed by atoms with Crippen LogP contribution < -0.4 is 0 Å². The van der Waals surface area contributed by atoms with E-state index in [1.165, 1.54) is 0 Å². The van der Waals surface area contributed by atoms with Crippen molar-refractivity contribution in [1.29, 1.82) is 0 Å². The number of rotatable bonds is 6. The van der Waals surface area contributed by atoms with Gasteiger partial charge in [-0.25, -0.2) is 0 Å². The molecule has 1 aromatic carbocycles. The van der Waals surface area contributed by atoms with Crippen LogP contribution in [0.4, 0.5) is 0 Å². The average molecular weight is 242 g/mol. The van der Waals surface area contributed by atoms with Crippen molar-refractivity contribution < 1.29 is 13.6 Å². The van der Waals surface area contributed by atoms with E-state index in [1.807, 2.05) is 51.1 Å². The molecule has 0 saturated heterocycles. The van der Waals surface area contributed by atoms with E-state index in [4.69, 9.17) is 9.05 Å². The molecule has 1 unspecified atom stereocenters. The molecule has 1 atom stereocenters. The summed E-state index contributed by atoms with van der Waals surface area (Å²) in [5.41, 5.74) is 0.972. The molecule has 0 saturated carbocycles. The Morgan fingerprint density at radius 3 is 2.38 bits per heavy atom. The summed E-state index contributed by atoms with van der Waals surface area (Å²) in [6.45, 7) is 5.94. The summed E-state index contributed by atoms with van der Waals surface area (Å²) in [4.78, 5) is 0.